The number of benzene rings is 1. The molecule has 0 N–H and O–H groups in total. The van der Waals surface area contributed by atoms with Crippen LogP contribution in [0.15, 0.2) is 24.3 Å². The molecule has 0 heterocycles. The topological polar surface area (TPSA) is 18.5 Å². The molecule has 1 atom stereocenters. The highest BCUT2D eigenvalue weighted by Crippen LogP contribution is 2.29. The summed E-state index contributed by atoms with van der Waals surface area (Å²) in [6.45, 7) is 4.07. The van der Waals surface area contributed by atoms with Crippen molar-refractivity contribution in [3.63, 3.8) is 0 Å². The number of methoxy groups -OCH3 is 1. The Morgan fingerprint density at radius 3 is 2.47 bits per heavy atom. The molecule has 15 heavy (non-hydrogen) atoms. The lowest BCUT2D eigenvalue weighted by Crippen LogP contribution is -2.12. The molecule has 1 unspecified atom stereocenters. The first-order valence-electron chi connectivity index (χ1n) is 5.03. The molecule has 3 heteroatoms. The highest BCUT2D eigenvalue weighted by atomic mass is 79.9. The maximum absolute atomic E-state index is 5.80. The number of halogens is 1. The van der Waals surface area contributed by atoms with Crippen LogP contribution in [0.2, 0.25) is 0 Å². The Balaban J connectivity index is 2.90. The lowest BCUT2D eigenvalue weighted by Gasteiger charge is -2.20. The summed E-state index contributed by atoms with van der Waals surface area (Å²) < 4.78 is 11.1. The third-order valence-electron chi connectivity index (χ3n) is 2.06. The summed E-state index contributed by atoms with van der Waals surface area (Å²) in [5.74, 6) is 0.877. The lowest BCUT2D eigenvalue weighted by atomic mass is 10.1. The average molecular weight is 273 g/mol. The maximum atomic E-state index is 5.80. The Morgan fingerprint density at radius 1 is 1.27 bits per heavy atom. The van der Waals surface area contributed by atoms with Crippen LogP contribution >= 0.6 is 15.9 Å². The number of para-hydroxylation sites is 1. The molecule has 0 aromatic heterocycles. The van der Waals surface area contributed by atoms with Gasteiger partial charge in [0.1, 0.15) is 5.75 Å². The van der Waals surface area contributed by atoms with Gasteiger partial charge >= 0.3 is 0 Å². The van der Waals surface area contributed by atoms with Crippen molar-refractivity contribution in [3.8, 4) is 5.75 Å². The van der Waals surface area contributed by atoms with Gasteiger partial charge in [0.25, 0.3) is 0 Å². The van der Waals surface area contributed by atoms with Gasteiger partial charge < -0.3 is 9.47 Å². The van der Waals surface area contributed by atoms with E-state index in [4.69, 9.17) is 9.47 Å². The van der Waals surface area contributed by atoms with Crippen LogP contribution in [-0.4, -0.2) is 18.5 Å². The number of alkyl halides is 1. The van der Waals surface area contributed by atoms with E-state index in [9.17, 15) is 0 Å². The van der Waals surface area contributed by atoms with Crippen molar-refractivity contribution in [1.29, 1.82) is 0 Å². The van der Waals surface area contributed by atoms with Gasteiger partial charge in [-0.1, -0.05) is 34.1 Å². The van der Waals surface area contributed by atoms with Crippen molar-refractivity contribution in [2.45, 2.75) is 26.1 Å². The molecule has 0 spiro atoms. The molecule has 0 amide bonds. The molecule has 0 fully saturated rings. The van der Waals surface area contributed by atoms with Crippen LogP contribution in [0.4, 0.5) is 0 Å². The van der Waals surface area contributed by atoms with Gasteiger partial charge in [0.2, 0.25) is 0 Å². The van der Waals surface area contributed by atoms with Crippen LogP contribution < -0.4 is 4.74 Å². The fourth-order valence-electron chi connectivity index (χ4n) is 1.45. The van der Waals surface area contributed by atoms with E-state index in [1.54, 1.807) is 7.11 Å². The first-order valence-corrected chi connectivity index (χ1v) is 6.15. The second kappa shape index (κ2) is 6.13. The fourth-order valence-corrected chi connectivity index (χ4v) is 1.96. The molecular weight excluding hydrogens is 256 g/mol. The lowest BCUT2D eigenvalue weighted by molar-refractivity contribution is 0.0202. The Kier molecular flexibility index (Phi) is 5.12. The zero-order valence-electron chi connectivity index (χ0n) is 9.37. The third kappa shape index (κ3) is 3.50. The minimum atomic E-state index is 0.0427. The van der Waals surface area contributed by atoms with E-state index in [0.29, 0.717) is 0 Å². The molecule has 1 rings (SSSR count). The van der Waals surface area contributed by atoms with E-state index in [1.807, 2.05) is 38.1 Å². The van der Waals surface area contributed by atoms with E-state index < -0.39 is 0 Å². The summed E-state index contributed by atoms with van der Waals surface area (Å²) >= 11 is 3.46. The van der Waals surface area contributed by atoms with Gasteiger partial charge in [0.15, 0.2) is 0 Å². The quantitative estimate of drug-likeness (QED) is 0.764. The number of ether oxygens (including phenoxy) is 2. The summed E-state index contributed by atoms with van der Waals surface area (Å²) in [5, 5.41) is 0.769. The van der Waals surface area contributed by atoms with Gasteiger partial charge in [0, 0.05) is 10.9 Å². The second-order valence-corrected chi connectivity index (χ2v) is 4.22. The molecule has 0 saturated heterocycles. The molecule has 0 aliphatic rings. The summed E-state index contributed by atoms with van der Waals surface area (Å²) in [5.41, 5.74) is 1.09. The van der Waals surface area contributed by atoms with Gasteiger partial charge in [-0.25, -0.2) is 0 Å². The summed E-state index contributed by atoms with van der Waals surface area (Å²) in [6.07, 6.45) is 0.249. The first kappa shape index (κ1) is 12.5. The minimum absolute atomic E-state index is 0.0427. The van der Waals surface area contributed by atoms with Crippen LogP contribution in [0, 0.1) is 0 Å². The minimum Gasteiger partial charge on any atom is -0.496 e. The maximum Gasteiger partial charge on any atom is 0.124 e. The Hall–Kier alpha value is -0.540. The standard InChI is InChI=1S/C12H17BrO2/c1-9(2)15-12(8-13)10-6-4-5-7-11(10)14-3/h4-7,9,12H,8H2,1-3H3. The third-order valence-corrected chi connectivity index (χ3v) is 2.65. The van der Waals surface area contributed by atoms with E-state index in [1.165, 1.54) is 0 Å². The largest absolute Gasteiger partial charge is 0.496 e. The van der Waals surface area contributed by atoms with Crippen LogP contribution in [-0.2, 0) is 4.74 Å². The van der Waals surface area contributed by atoms with Crippen molar-refractivity contribution >= 4 is 15.9 Å². The number of hydrogen-bond acceptors (Lipinski definition) is 2. The van der Waals surface area contributed by atoms with Crippen LogP contribution in [0.3, 0.4) is 0 Å². The van der Waals surface area contributed by atoms with Crippen LogP contribution in [0.25, 0.3) is 0 Å². The molecule has 0 bridgehead atoms. The second-order valence-electron chi connectivity index (χ2n) is 3.57. The molecule has 1 aromatic carbocycles. The Bertz CT molecular complexity index is 299. The SMILES string of the molecule is COc1ccccc1C(CBr)OC(C)C. The van der Waals surface area contributed by atoms with Gasteiger partial charge in [-0.2, -0.15) is 0 Å². The van der Waals surface area contributed by atoms with E-state index in [-0.39, 0.29) is 12.2 Å². The zero-order valence-corrected chi connectivity index (χ0v) is 11.0. The normalized spacial score (nSPS) is 12.9. The fraction of sp³-hybridized carbons (Fsp3) is 0.500. The average Bonchev–Trinajstić information content (AvgIpc) is 2.25. The molecule has 0 aliphatic carbocycles. The summed E-state index contributed by atoms with van der Waals surface area (Å²) in [6, 6.07) is 7.95. The van der Waals surface area contributed by atoms with Crippen molar-refractivity contribution in [2.75, 3.05) is 12.4 Å². The van der Waals surface area contributed by atoms with E-state index >= 15 is 0 Å². The Labute approximate surface area is 99.7 Å². The first-order chi connectivity index (χ1) is 7.19. The highest BCUT2D eigenvalue weighted by molar-refractivity contribution is 9.09. The van der Waals surface area contributed by atoms with Crippen LogP contribution in [0.5, 0.6) is 5.75 Å². The van der Waals surface area contributed by atoms with Gasteiger partial charge in [-0.05, 0) is 19.9 Å². The van der Waals surface area contributed by atoms with Crippen molar-refractivity contribution in [3.05, 3.63) is 29.8 Å². The van der Waals surface area contributed by atoms with Gasteiger partial charge in [0.05, 0.1) is 19.3 Å². The summed E-state index contributed by atoms with van der Waals surface area (Å²) in [4.78, 5) is 0. The molecule has 0 saturated carbocycles. The smallest absolute Gasteiger partial charge is 0.124 e. The monoisotopic (exact) mass is 272 g/mol. The predicted molar refractivity (Wildman–Crippen MR) is 65.8 cm³/mol. The summed E-state index contributed by atoms with van der Waals surface area (Å²) in [7, 11) is 1.68. The zero-order chi connectivity index (χ0) is 11.3. The van der Waals surface area contributed by atoms with Gasteiger partial charge in [-0.3, -0.25) is 0 Å². The molecule has 2 nitrogen and oxygen atoms in total. The molecular formula is C12H17BrO2. The Morgan fingerprint density at radius 2 is 1.93 bits per heavy atom. The van der Waals surface area contributed by atoms with Crippen molar-refractivity contribution in [1.82, 2.24) is 0 Å². The van der Waals surface area contributed by atoms with Crippen molar-refractivity contribution < 1.29 is 9.47 Å². The van der Waals surface area contributed by atoms with Gasteiger partial charge in [-0.15, -0.1) is 0 Å². The number of hydrogen-bond donors (Lipinski definition) is 0. The van der Waals surface area contributed by atoms with Crippen LogP contribution in [0.1, 0.15) is 25.5 Å². The van der Waals surface area contributed by atoms with Crippen molar-refractivity contribution in [2.24, 2.45) is 0 Å². The van der Waals surface area contributed by atoms with E-state index in [2.05, 4.69) is 15.9 Å². The predicted octanol–water partition coefficient (Wildman–Crippen LogP) is 3.56. The molecule has 0 radical (unpaired) electrons. The molecule has 84 valence electrons. The number of rotatable bonds is 5. The van der Waals surface area contributed by atoms with E-state index in [0.717, 1.165) is 16.6 Å². The molecule has 0 aliphatic heterocycles. The molecule has 1 aromatic rings. The highest BCUT2D eigenvalue weighted by Gasteiger charge is 2.16.